The number of aliphatic hydroxyl groups is 1. The van der Waals surface area contributed by atoms with Gasteiger partial charge in [0.15, 0.2) is 11.4 Å². The van der Waals surface area contributed by atoms with Crippen LogP contribution >= 0.6 is 11.6 Å². The van der Waals surface area contributed by atoms with Crippen molar-refractivity contribution in [3.63, 3.8) is 0 Å². The Morgan fingerprint density at radius 1 is 1.36 bits per heavy atom. The van der Waals surface area contributed by atoms with Gasteiger partial charge in [0.05, 0.1) is 13.2 Å². The number of hydrogen-bond acceptors (Lipinski definition) is 8. The van der Waals surface area contributed by atoms with Crippen LogP contribution in [0.5, 0.6) is 5.75 Å². The Bertz CT molecular complexity index is 1120. The molecular formula is C22H25ClN6O4. The molecule has 3 rings (SSSR count). The largest absolute Gasteiger partial charge is 0.488 e. The number of nitrogens with zero attached hydrogens (tertiary/aromatic N) is 4. The fraction of sp³-hybridized carbons (Fsp3) is 0.364. The number of rotatable bonds is 5. The minimum atomic E-state index is -1.51. The van der Waals surface area contributed by atoms with E-state index in [9.17, 15) is 5.11 Å². The van der Waals surface area contributed by atoms with E-state index >= 15 is 0 Å². The normalized spacial score (nSPS) is 17.5. The molecule has 5 N–H and O–H groups in total. The average Bonchev–Trinajstić information content (AvgIpc) is 3.26. The summed E-state index contributed by atoms with van der Waals surface area (Å²) in [5.41, 5.74) is 5.26. The Balaban J connectivity index is 1.99. The van der Waals surface area contributed by atoms with Crippen LogP contribution in [0.3, 0.4) is 0 Å². The number of hydrogen-bond donors (Lipinski definition) is 3. The summed E-state index contributed by atoms with van der Waals surface area (Å²) in [5.74, 6) is 12.0. The van der Waals surface area contributed by atoms with Crippen molar-refractivity contribution in [1.29, 1.82) is 0 Å². The Hall–Kier alpha value is -3.39. The topological polar surface area (TPSA) is 154 Å². The first-order valence-electron chi connectivity index (χ1n) is 10.2. The smallest absolute Gasteiger partial charge is 0.197 e. The highest BCUT2D eigenvalue weighted by atomic mass is 35.5. The van der Waals surface area contributed by atoms with Gasteiger partial charge in [0.2, 0.25) is 0 Å². The SMILES string of the molecule is Cc1cc(C(C)(O)C#Cc2ccc(OC3CCOCC3)c(N=C(N=NN)C(Cl)=CN)c2)no1. The number of aromatic nitrogens is 1. The first-order chi connectivity index (χ1) is 15.8. The van der Waals surface area contributed by atoms with Gasteiger partial charge in [-0.2, -0.15) is 0 Å². The third-order valence-corrected chi connectivity index (χ3v) is 5.03. The highest BCUT2D eigenvalue weighted by molar-refractivity contribution is 6.43. The molecule has 0 aliphatic carbocycles. The lowest BCUT2D eigenvalue weighted by Gasteiger charge is -2.24. The van der Waals surface area contributed by atoms with E-state index in [-0.39, 0.29) is 17.0 Å². The molecule has 0 amide bonds. The van der Waals surface area contributed by atoms with E-state index in [2.05, 4.69) is 32.3 Å². The monoisotopic (exact) mass is 472 g/mol. The van der Waals surface area contributed by atoms with Crippen LogP contribution in [0.15, 0.2) is 55.4 Å². The van der Waals surface area contributed by atoms with Gasteiger partial charge in [0.25, 0.3) is 0 Å². The molecule has 1 aliphatic rings. The summed E-state index contributed by atoms with van der Waals surface area (Å²) >= 11 is 6.10. The van der Waals surface area contributed by atoms with Gasteiger partial charge in [-0.05, 0) is 32.0 Å². The molecule has 1 fully saturated rings. The lowest BCUT2D eigenvalue weighted by molar-refractivity contribution is 0.0258. The molecule has 1 unspecified atom stereocenters. The molecule has 1 saturated heterocycles. The van der Waals surface area contributed by atoms with Crippen molar-refractivity contribution in [2.75, 3.05) is 13.2 Å². The first kappa shape index (κ1) is 24.3. The molecule has 1 atom stereocenters. The molecule has 10 nitrogen and oxygen atoms in total. The maximum Gasteiger partial charge on any atom is 0.197 e. The van der Waals surface area contributed by atoms with Crippen LogP contribution < -0.4 is 16.3 Å². The van der Waals surface area contributed by atoms with Crippen LogP contribution in [0.2, 0.25) is 0 Å². The summed E-state index contributed by atoms with van der Waals surface area (Å²) in [5, 5.41) is 21.6. The summed E-state index contributed by atoms with van der Waals surface area (Å²) in [6, 6.07) is 6.80. The lowest BCUT2D eigenvalue weighted by atomic mass is 10.0. The molecule has 0 bridgehead atoms. The molecule has 2 aromatic rings. The molecule has 1 aliphatic heterocycles. The van der Waals surface area contributed by atoms with Crippen molar-refractivity contribution in [2.45, 2.75) is 38.4 Å². The van der Waals surface area contributed by atoms with Crippen LogP contribution in [0, 0.1) is 18.8 Å². The van der Waals surface area contributed by atoms with Gasteiger partial charge >= 0.3 is 0 Å². The summed E-state index contributed by atoms with van der Waals surface area (Å²) in [6.45, 7) is 4.51. The zero-order chi connectivity index (χ0) is 23.8. The molecule has 33 heavy (non-hydrogen) atoms. The van der Waals surface area contributed by atoms with Gasteiger partial charge in [-0.15, -0.1) is 5.11 Å². The predicted molar refractivity (Wildman–Crippen MR) is 123 cm³/mol. The number of aliphatic imine (C=N–C) groups is 1. The molecule has 11 heteroatoms. The standard InChI is InChI=1S/C22H25ClN6O4/c1-14-11-20(28-33-14)22(2,30)8-5-15-3-4-19(32-16-6-9-31-10-7-16)18(12-15)26-21(27-29-25)17(23)13-24/h3-4,11-13,16,30H,6-7,9-10,24H2,1-2H3,(H2,25,26,27). The number of benzene rings is 1. The minimum Gasteiger partial charge on any atom is -0.488 e. The van der Waals surface area contributed by atoms with Gasteiger partial charge < -0.3 is 30.7 Å². The zero-order valence-corrected chi connectivity index (χ0v) is 19.0. The second kappa shape index (κ2) is 11.0. The number of nitrogens with two attached hydrogens (primary N) is 2. The molecular weight excluding hydrogens is 448 g/mol. The van der Waals surface area contributed by atoms with Crippen LogP contribution in [-0.4, -0.2) is 35.4 Å². The minimum absolute atomic E-state index is 0.00803. The first-order valence-corrected chi connectivity index (χ1v) is 10.6. The van der Waals surface area contributed by atoms with E-state index in [1.165, 1.54) is 6.92 Å². The summed E-state index contributed by atoms with van der Waals surface area (Å²) in [7, 11) is 0. The van der Waals surface area contributed by atoms with Crippen molar-refractivity contribution in [1.82, 2.24) is 5.16 Å². The van der Waals surface area contributed by atoms with E-state index in [1.807, 2.05) is 0 Å². The molecule has 0 saturated carbocycles. The highest BCUT2D eigenvalue weighted by Gasteiger charge is 2.24. The predicted octanol–water partition coefficient (Wildman–Crippen LogP) is 3.19. The third kappa shape index (κ3) is 6.55. The molecule has 2 heterocycles. The summed E-state index contributed by atoms with van der Waals surface area (Å²) in [4.78, 5) is 4.43. The van der Waals surface area contributed by atoms with Crippen LogP contribution in [0.25, 0.3) is 0 Å². The van der Waals surface area contributed by atoms with E-state index in [0.29, 0.717) is 41.7 Å². The Morgan fingerprint density at radius 3 is 2.76 bits per heavy atom. The van der Waals surface area contributed by atoms with Crippen molar-refractivity contribution < 1.29 is 19.1 Å². The van der Waals surface area contributed by atoms with Crippen molar-refractivity contribution >= 4 is 23.1 Å². The zero-order valence-electron chi connectivity index (χ0n) is 18.3. The van der Waals surface area contributed by atoms with Gasteiger partial charge in [-0.3, -0.25) is 0 Å². The van der Waals surface area contributed by atoms with E-state index < -0.39 is 5.60 Å². The molecule has 1 aromatic heterocycles. The lowest BCUT2D eigenvalue weighted by Crippen LogP contribution is -2.25. The number of ether oxygens (including phenoxy) is 2. The number of aryl methyl sites for hydroxylation is 1. The van der Waals surface area contributed by atoms with Crippen LogP contribution in [0.4, 0.5) is 5.69 Å². The Kier molecular flexibility index (Phi) is 8.06. The number of halogens is 1. The summed E-state index contributed by atoms with van der Waals surface area (Å²) in [6.07, 6.45) is 2.61. The molecule has 1 aromatic carbocycles. The van der Waals surface area contributed by atoms with Gasteiger partial charge in [-0.1, -0.05) is 33.8 Å². The summed E-state index contributed by atoms with van der Waals surface area (Å²) < 4.78 is 16.6. The molecule has 0 radical (unpaired) electrons. The van der Waals surface area contributed by atoms with Gasteiger partial charge in [-0.25, -0.2) is 4.99 Å². The highest BCUT2D eigenvalue weighted by Crippen LogP contribution is 2.32. The fourth-order valence-corrected chi connectivity index (χ4v) is 3.06. The van der Waals surface area contributed by atoms with Crippen molar-refractivity contribution in [3.8, 4) is 17.6 Å². The Labute approximate surface area is 196 Å². The van der Waals surface area contributed by atoms with E-state index in [4.69, 9.17) is 37.2 Å². The van der Waals surface area contributed by atoms with Crippen LogP contribution in [0.1, 0.15) is 36.8 Å². The van der Waals surface area contributed by atoms with E-state index in [0.717, 1.165) is 19.0 Å². The maximum atomic E-state index is 10.7. The quantitative estimate of drug-likeness (QED) is 0.151. The fourth-order valence-electron chi connectivity index (χ4n) is 2.98. The van der Waals surface area contributed by atoms with Crippen molar-refractivity contribution in [3.05, 3.63) is 52.5 Å². The Morgan fingerprint density at radius 2 is 2.12 bits per heavy atom. The second-order valence-corrected chi connectivity index (χ2v) is 7.83. The van der Waals surface area contributed by atoms with Crippen LogP contribution in [-0.2, 0) is 10.3 Å². The van der Waals surface area contributed by atoms with Gasteiger partial charge in [0, 0.05) is 30.7 Å². The van der Waals surface area contributed by atoms with Gasteiger partial charge in [0.1, 0.15) is 34.0 Å². The van der Waals surface area contributed by atoms with Crippen molar-refractivity contribution in [2.24, 2.45) is 26.9 Å². The van der Waals surface area contributed by atoms with E-state index in [1.54, 1.807) is 31.2 Å². The third-order valence-electron chi connectivity index (χ3n) is 4.74. The maximum absolute atomic E-state index is 10.7. The molecule has 0 spiro atoms. The number of amidine groups is 1. The average molecular weight is 473 g/mol. The second-order valence-electron chi connectivity index (χ2n) is 7.42. The molecule has 174 valence electrons.